The summed E-state index contributed by atoms with van der Waals surface area (Å²) in [6.45, 7) is 0. The second-order valence-electron chi connectivity index (χ2n) is 5.22. The zero-order valence-electron chi connectivity index (χ0n) is 13.9. The van der Waals surface area contributed by atoms with Crippen molar-refractivity contribution in [1.82, 2.24) is 14.8 Å². The lowest BCUT2D eigenvalue weighted by Crippen LogP contribution is -2.12. The van der Waals surface area contributed by atoms with E-state index >= 15 is 0 Å². The highest BCUT2D eigenvalue weighted by atomic mass is 32.2. The SMILES string of the molecule is COc1nc(-c2ccc(OC)c(F)c2)n(-c2ccc(S(N)(=O)=O)cc2)n1. The monoisotopic (exact) mass is 378 g/mol. The molecule has 136 valence electrons. The molecule has 1 aromatic heterocycles. The lowest BCUT2D eigenvalue weighted by atomic mass is 10.2. The Bertz CT molecular complexity index is 1050. The second kappa shape index (κ2) is 6.73. The van der Waals surface area contributed by atoms with Crippen molar-refractivity contribution in [1.29, 1.82) is 0 Å². The van der Waals surface area contributed by atoms with Gasteiger partial charge in [-0.3, -0.25) is 0 Å². The summed E-state index contributed by atoms with van der Waals surface area (Å²) >= 11 is 0. The van der Waals surface area contributed by atoms with Crippen LogP contribution in [0.3, 0.4) is 0 Å². The van der Waals surface area contributed by atoms with Gasteiger partial charge in [-0.1, -0.05) is 0 Å². The van der Waals surface area contributed by atoms with Gasteiger partial charge in [0.15, 0.2) is 17.4 Å². The van der Waals surface area contributed by atoms with Crippen LogP contribution in [0.5, 0.6) is 11.8 Å². The summed E-state index contributed by atoms with van der Waals surface area (Å²) in [5.74, 6) is -0.140. The van der Waals surface area contributed by atoms with Gasteiger partial charge in [-0.15, -0.1) is 5.10 Å². The summed E-state index contributed by atoms with van der Waals surface area (Å²) in [5, 5.41) is 9.29. The van der Waals surface area contributed by atoms with Crippen LogP contribution in [-0.2, 0) is 10.0 Å². The number of hydrogen-bond acceptors (Lipinski definition) is 6. The Morgan fingerprint density at radius 1 is 1.08 bits per heavy atom. The molecule has 0 unspecified atom stereocenters. The first-order valence-electron chi connectivity index (χ1n) is 7.31. The van der Waals surface area contributed by atoms with Crippen molar-refractivity contribution in [2.75, 3.05) is 14.2 Å². The number of methoxy groups -OCH3 is 2. The number of rotatable bonds is 5. The van der Waals surface area contributed by atoms with Crippen molar-refractivity contribution in [3.63, 3.8) is 0 Å². The highest BCUT2D eigenvalue weighted by Crippen LogP contribution is 2.27. The predicted molar refractivity (Wildman–Crippen MR) is 91.2 cm³/mol. The highest BCUT2D eigenvalue weighted by molar-refractivity contribution is 7.89. The molecule has 26 heavy (non-hydrogen) atoms. The van der Waals surface area contributed by atoms with Crippen LogP contribution in [0.1, 0.15) is 0 Å². The summed E-state index contributed by atoms with van der Waals surface area (Å²) in [4.78, 5) is 4.19. The van der Waals surface area contributed by atoms with Crippen molar-refractivity contribution < 1.29 is 22.3 Å². The van der Waals surface area contributed by atoms with Crippen molar-refractivity contribution >= 4 is 10.0 Å². The van der Waals surface area contributed by atoms with E-state index in [1.807, 2.05) is 0 Å². The third kappa shape index (κ3) is 3.37. The van der Waals surface area contributed by atoms with Crippen LogP contribution in [0.15, 0.2) is 47.4 Å². The molecule has 0 aliphatic rings. The molecule has 2 N–H and O–H groups in total. The van der Waals surface area contributed by atoms with Crippen molar-refractivity contribution in [3.05, 3.63) is 48.3 Å². The molecule has 0 amide bonds. The molecule has 3 rings (SSSR count). The molecule has 0 saturated heterocycles. The number of hydrogen-bond donors (Lipinski definition) is 1. The maximum atomic E-state index is 14.0. The molecule has 10 heteroatoms. The van der Waals surface area contributed by atoms with Crippen LogP contribution in [0.4, 0.5) is 4.39 Å². The summed E-state index contributed by atoms with van der Waals surface area (Å²) < 4.78 is 48.2. The number of nitrogens with two attached hydrogens (primary N) is 1. The van der Waals surface area contributed by atoms with E-state index in [4.69, 9.17) is 14.6 Å². The first-order chi connectivity index (χ1) is 12.3. The van der Waals surface area contributed by atoms with Crippen LogP contribution < -0.4 is 14.6 Å². The molecular weight excluding hydrogens is 363 g/mol. The molecule has 0 saturated carbocycles. The largest absolute Gasteiger partial charge is 0.494 e. The summed E-state index contributed by atoms with van der Waals surface area (Å²) in [5.41, 5.74) is 0.939. The minimum Gasteiger partial charge on any atom is -0.494 e. The maximum absolute atomic E-state index is 14.0. The van der Waals surface area contributed by atoms with E-state index in [1.165, 1.54) is 55.3 Å². The van der Waals surface area contributed by atoms with Gasteiger partial charge in [-0.2, -0.15) is 4.98 Å². The maximum Gasteiger partial charge on any atom is 0.336 e. The average Bonchev–Trinajstić information content (AvgIpc) is 3.05. The fourth-order valence-corrected chi connectivity index (χ4v) is 2.84. The Balaban J connectivity index is 2.11. The van der Waals surface area contributed by atoms with E-state index in [0.29, 0.717) is 17.1 Å². The second-order valence-corrected chi connectivity index (χ2v) is 6.78. The van der Waals surface area contributed by atoms with E-state index in [-0.39, 0.29) is 16.7 Å². The minimum atomic E-state index is -3.81. The first kappa shape index (κ1) is 17.8. The first-order valence-corrected chi connectivity index (χ1v) is 8.86. The number of nitrogens with zero attached hydrogens (tertiary/aromatic N) is 3. The van der Waals surface area contributed by atoms with Gasteiger partial charge in [0.25, 0.3) is 0 Å². The molecule has 1 heterocycles. The molecule has 0 atom stereocenters. The lowest BCUT2D eigenvalue weighted by Gasteiger charge is -2.08. The van der Waals surface area contributed by atoms with Crippen molar-refractivity contribution in [3.8, 4) is 28.8 Å². The number of benzene rings is 2. The third-order valence-electron chi connectivity index (χ3n) is 3.59. The molecule has 3 aromatic rings. The number of ether oxygens (including phenoxy) is 2. The summed E-state index contributed by atoms with van der Waals surface area (Å²) in [6, 6.07) is 10.1. The zero-order valence-corrected chi connectivity index (χ0v) is 14.7. The molecular formula is C16H15FN4O4S. The van der Waals surface area contributed by atoms with E-state index < -0.39 is 15.8 Å². The van der Waals surface area contributed by atoms with E-state index in [1.54, 1.807) is 6.07 Å². The molecule has 0 aliphatic heterocycles. The Hall–Kier alpha value is -2.98. The summed E-state index contributed by atoms with van der Waals surface area (Å²) in [6.07, 6.45) is 0. The Morgan fingerprint density at radius 2 is 1.77 bits per heavy atom. The number of primary sulfonamides is 1. The normalized spacial score (nSPS) is 11.4. The Kier molecular flexibility index (Phi) is 4.62. The van der Waals surface area contributed by atoms with Gasteiger partial charge in [-0.25, -0.2) is 22.6 Å². The van der Waals surface area contributed by atoms with Gasteiger partial charge in [0.2, 0.25) is 10.0 Å². The molecule has 0 aliphatic carbocycles. The molecule has 8 nitrogen and oxygen atoms in total. The fraction of sp³-hybridized carbons (Fsp3) is 0.125. The van der Waals surface area contributed by atoms with Crippen LogP contribution in [0.2, 0.25) is 0 Å². The molecule has 2 aromatic carbocycles. The van der Waals surface area contributed by atoms with Gasteiger partial charge in [0.05, 0.1) is 24.8 Å². The van der Waals surface area contributed by atoms with Crippen LogP contribution in [-0.4, -0.2) is 37.4 Å². The minimum absolute atomic E-state index is 0.0367. The van der Waals surface area contributed by atoms with Crippen LogP contribution in [0, 0.1) is 5.82 Å². The Labute approximate surface area is 149 Å². The molecule has 0 spiro atoms. The smallest absolute Gasteiger partial charge is 0.336 e. The van der Waals surface area contributed by atoms with E-state index in [2.05, 4.69) is 10.1 Å². The third-order valence-corrected chi connectivity index (χ3v) is 4.52. The van der Waals surface area contributed by atoms with Crippen molar-refractivity contribution in [2.45, 2.75) is 4.90 Å². The van der Waals surface area contributed by atoms with E-state index in [0.717, 1.165) is 0 Å². The fourth-order valence-electron chi connectivity index (χ4n) is 2.33. The topological polar surface area (TPSA) is 109 Å². The summed E-state index contributed by atoms with van der Waals surface area (Å²) in [7, 11) is -1.03. The Morgan fingerprint density at radius 3 is 2.31 bits per heavy atom. The predicted octanol–water partition coefficient (Wildman–Crippen LogP) is 1.74. The quantitative estimate of drug-likeness (QED) is 0.724. The average molecular weight is 378 g/mol. The van der Waals surface area contributed by atoms with Gasteiger partial charge in [-0.05, 0) is 42.5 Å². The molecule has 0 fully saturated rings. The standard InChI is InChI=1S/C16H15FN4O4S/c1-24-14-8-3-10(9-13(14)17)15-19-16(25-2)20-21(15)11-4-6-12(7-5-11)26(18,22)23/h3-9H,1-2H3,(H2,18,22,23). The van der Waals surface area contributed by atoms with Crippen LogP contribution in [0.25, 0.3) is 17.1 Å². The number of halogens is 1. The highest BCUT2D eigenvalue weighted by Gasteiger charge is 2.17. The lowest BCUT2D eigenvalue weighted by molar-refractivity contribution is 0.380. The van der Waals surface area contributed by atoms with E-state index in [9.17, 15) is 12.8 Å². The van der Waals surface area contributed by atoms with Gasteiger partial charge < -0.3 is 9.47 Å². The number of sulfonamides is 1. The van der Waals surface area contributed by atoms with Gasteiger partial charge in [0, 0.05) is 5.56 Å². The van der Waals surface area contributed by atoms with Gasteiger partial charge in [0.1, 0.15) is 0 Å². The molecule has 0 bridgehead atoms. The van der Waals surface area contributed by atoms with Crippen molar-refractivity contribution in [2.24, 2.45) is 5.14 Å². The molecule has 0 radical (unpaired) electrons. The zero-order chi connectivity index (χ0) is 18.9. The van der Waals surface area contributed by atoms with Gasteiger partial charge >= 0.3 is 6.01 Å². The number of aromatic nitrogens is 3. The van der Waals surface area contributed by atoms with Crippen LogP contribution >= 0.6 is 0 Å².